The van der Waals surface area contributed by atoms with Crippen molar-refractivity contribution < 1.29 is 8.42 Å². The molecule has 2 heterocycles. The second-order valence-corrected chi connectivity index (χ2v) is 11.0. The van der Waals surface area contributed by atoms with E-state index in [-0.39, 0.29) is 15.3 Å². The molecule has 134 valence electrons. The molecule has 1 aromatic rings. The van der Waals surface area contributed by atoms with E-state index in [0.29, 0.717) is 10.4 Å². The van der Waals surface area contributed by atoms with Crippen LogP contribution in [0.2, 0.25) is 9.36 Å². The Labute approximate surface area is 158 Å². The lowest BCUT2D eigenvalue weighted by Gasteiger charge is -2.35. The van der Waals surface area contributed by atoms with Crippen LogP contribution in [0.3, 0.4) is 0 Å². The van der Waals surface area contributed by atoms with Crippen molar-refractivity contribution in [2.24, 2.45) is 5.92 Å². The van der Waals surface area contributed by atoms with Gasteiger partial charge in [-0.15, -0.1) is 11.3 Å². The van der Waals surface area contributed by atoms with Crippen LogP contribution in [-0.2, 0) is 10.0 Å². The number of rotatable bonds is 4. The molecule has 1 aromatic heterocycles. The SMILES string of the molecule is CC1CCN([C@@H]2C=C[C@H](N(C)S(=O)(=O)c3cc(Cl)c(Cl)s3)C2)CC1. The lowest BCUT2D eigenvalue weighted by Crippen LogP contribution is -2.42. The van der Waals surface area contributed by atoms with Gasteiger partial charge in [0.1, 0.15) is 8.55 Å². The van der Waals surface area contributed by atoms with Crippen molar-refractivity contribution in [3.8, 4) is 0 Å². The zero-order valence-electron chi connectivity index (χ0n) is 13.8. The second kappa shape index (κ2) is 7.25. The van der Waals surface area contributed by atoms with Crippen LogP contribution >= 0.6 is 34.5 Å². The maximum Gasteiger partial charge on any atom is 0.252 e. The van der Waals surface area contributed by atoms with Crippen LogP contribution in [-0.4, -0.2) is 49.8 Å². The van der Waals surface area contributed by atoms with Gasteiger partial charge >= 0.3 is 0 Å². The molecule has 3 rings (SSSR count). The van der Waals surface area contributed by atoms with Crippen LogP contribution in [0.5, 0.6) is 0 Å². The summed E-state index contributed by atoms with van der Waals surface area (Å²) in [6.07, 6.45) is 7.40. The predicted molar refractivity (Wildman–Crippen MR) is 101 cm³/mol. The Balaban J connectivity index is 1.68. The fraction of sp³-hybridized carbons (Fsp3) is 0.625. The van der Waals surface area contributed by atoms with Crippen molar-refractivity contribution in [2.45, 2.75) is 42.5 Å². The smallest absolute Gasteiger partial charge is 0.252 e. The van der Waals surface area contributed by atoms with Crippen molar-refractivity contribution in [3.05, 3.63) is 27.6 Å². The quantitative estimate of drug-likeness (QED) is 0.703. The van der Waals surface area contributed by atoms with Gasteiger partial charge in [-0.1, -0.05) is 42.3 Å². The first kappa shape index (κ1) is 18.7. The average molecular weight is 409 g/mol. The zero-order chi connectivity index (χ0) is 17.5. The Morgan fingerprint density at radius 3 is 2.50 bits per heavy atom. The number of thiophene rings is 1. The fourth-order valence-corrected chi connectivity index (χ4v) is 6.73. The van der Waals surface area contributed by atoms with E-state index in [1.54, 1.807) is 7.05 Å². The molecule has 0 spiro atoms. The number of hydrogen-bond donors (Lipinski definition) is 0. The summed E-state index contributed by atoms with van der Waals surface area (Å²) in [6, 6.07) is 1.64. The summed E-state index contributed by atoms with van der Waals surface area (Å²) < 4.78 is 27.5. The molecular weight excluding hydrogens is 387 g/mol. The van der Waals surface area contributed by atoms with Gasteiger partial charge in [-0.05, 0) is 44.3 Å². The van der Waals surface area contributed by atoms with Crippen molar-refractivity contribution in [2.75, 3.05) is 20.1 Å². The van der Waals surface area contributed by atoms with E-state index < -0.39 is 10.0 Å². The van der Waals surface area contributed by atoms with Gasteiger partial charge in [0.2, 0.25) is 0 Å². The van der Waals surface area contributed by atoms with Crippen LogP contribution < -0.4 is 0 Å². The number of nitrogens with zero attached hydrogens (tertiary/aromatic N) is 2. The van der Waals surface area contributed by atoms with E-state index in [1.807, 2.05) is 6.08 Å². The molecular formula is C16H22Cl2N2O2S2. The van der Waals surface area contributed by atoms with E-state index in [9.17, 15) is 8.42 Å². The van der Waals surface area contributed by atoms with Crippen LogP contribution in [0.4, 0.5) is 0 Å². The fourth-order valence-electron chi connectivity index (χ4n) is 3.34. The molecule has 2 atom stereocenters. The molecule has 4 nitrogen and oxygen atoms in total. The molecule has 1 saturated heterocycles. The number of sulfonamides is 1. The predicted octanol–water partition coefficient (Wildman–Crippen LogP) is 4.10. The lowest BCUT2D eigenvalue weighted by molar-refractivity contribution is 0.153. The Morgan fingerprint density at radius 1 is 1.25 bits per heavy atom. The van der Waals surface area contributed by atoms with Gasteiger partial charge < -0.3 is 0 Å². The first-order valence-corrected chi connectivity index (χ1v) is 11.2. The molecule has 1 fully saturated rings. The molecule has 24 heavy (non-hydrogen) atoms. The van der Waals surface area contributed by atoms with E-state index in [4.69, 9.17) is 23.2 Å². The first-order chi connectivity index (χ1) is 11.3. The molecule has 2 aliphatic rings. The van der Waals surface area contributed by atoms with Gasteiger partial charge in [-0.2, -0.15) is 4.31 Å². The van der Waals surface area contributed by atoms with E-state index in [2.05, 4.69) is 17.9 Å². The summed E-state index contributed by atoms with van der Waals surface area (Å²) in [7, 11) is -1.94. The lowest BCUT2D eigenvalue weighted by atomic mass is 9.97. The maximum absolute atomic E-state index is 12.8. The van der Waals surface area contributed by atoms with Gasteiger partial charge in [0, 0.05) is 19.1 Å². The minimum atomic E-state index is -3.57. The highest BCUT2D eigenvalue weighted by molar-refractivity contribution is 7.91. The van der Waals surface area contributed by atoms with Crippen LogP contribution in [0.25, 0.3) is 0 Å². The van der Waals surface area contributed by atoms with Crippen LogP contribution in [0.15, 0.2) is 22.4 Å². The summed E-state index contributed by atoms with van der Waals surface area (Å²) in [5.41, 5.74) is 0. The van der Waals surface area contributed by atoms with Crippen molar-refractivity contribution >= 4 is 44.6 Å². The topological polar surface area (TPSA) is 40.6 Å². The third-order valence-electron chi connectivity index (χ3n) is 5.05. The third kappa shape index (κ3) is 3.69. The molecule has 0 radical (unpaired) electrons. The molecule has 0 saturated carbocycles. The molecule has 1 aliphatic heterocycles. The summed E-state index contributed by atoms with van der Waals surface area (Å²) in [5, 5.41) is 0.288. The summed E-state index contributed by atoms with van der Waals surface area (Å²) in [4.78, 5) is 2.47. The van der Waals surface area contributed by atoms with Gasteiger partial charge in [0.25, 0.3) is 10.0 Å². The number of piperidine rings is 1. The highest BCUT2D eigenvalue weighted by Gasteiger charge is 2.34. The Kier molecular flexibility index (Phi) is 5.64. The largest absolute Gasteiger partial charge is 0.297 e. The highest BCUT2D eigenvalue weighted by atomic mass is 35.5. The molecule has 0 unspecified atom stereocenters. The van der Waals surface area contributed by atoms with Crippen molar-refractivity contribution in [3.63, 3.8) is 0 Å². The molecule has 0 bridgehead atoms. The standard InChI is InChI=1S/C16H22Cl2N2O2S2/c1-11-5-7-20(8-6-11)13-4-3-12(9-13)19(2)24(21,22)15-10-14(17)16(18)23-15/h3-4,10-13H,5-9H2,1-2H3/t12-,13+/m0/s1. The Hall–Kier alpha value is -0.110. The number of halogens is 2. The summed E-state index contributed by atoms with van der Waals surface area (Å²) >= 11 is 12.8. The molecule has 8 heteroatoms. The number of hydrogen-bond acceptors (Lipinski definition) is 4. The summed E-state index contributed by atoms with van der Waals surface area (Å²) in [6.45, 7) is 4.48. The van der Waals surface area contributed by atoms with Gasteiger partial charge in [0.05, 0.1) is 5.02 Å². The molecule has 0 N–H and O–H groups in total. The van der Waals surface area contributed by atoms with Crippen LogP contribution in [0, 0.1) is 5.92 Å². The average Bonchev–Trinajstić information content (AvgIpc) is 3.15. The van der Waals surface area contributed by atoms with Gasteiger partial charge in [-0.25, -0.2) is 8.42 Å². The highest BCUT2D eigenvalue weighted by Crippen LogP contribution is 2.37. The number of likely N-dealkylation sites (tertiary alicyclic amines) is 1. The molecule has 0 amide bonds. The summed E-state index contributed by atoms with van der Waals surface area (Å²) in [5.74, 6) is 0.791. The minimum absolute atomic E-state index is 0.126. The molecule has 1 aliphatic carbocycles. The Morgan fingerprint density at radius 2 is 1.92 bits per heavy atom. The normalized spacial score (nSPS) is 26.5. The van der Waals surface area contributed by atoms with E-state index in [1.165, 1.54) is 23.2 Å². The maximum atomic E-state index is 12.8. The number of likely N-dealkylation sites (N-methyl/N-ethyl adjacent to an activating group) is 1. The van der Waals surface area contributed by atoms with Crippen molar-refractivity contribution in [1.82, 2.24) is 9.21 Å². The van der Waals surface area contributed by atoms with Gasteiger partial charge in [-0.3, -0.25) is 4.90 Å². The van der Waals surface area contributed by atoms with E-state index >= 15 is 0 Å². The second-order valence-electron chi connectivity index (χ2n) is 6.68. The third-order valence-corrected chi connectivity index (χ3v) is 9.25. The van der Waals surface area contributed by atoms with Gasteiger partial charge in [0.15, 0.2) is 0 Å². The van der Waals surface area contributed by atoms with E-state index in [0.717, 1.165) is 36.8 Å². The minimum Gasteiger partial charge on any atom is -0.297 e. The monoisotopic (exact) mass is 408 g/mol. The van der Waals surface area contributed by atoms with Crippen LogP contribution in [0.1, 0.15) is 26.2 Å². The Bertz CT molecular complexity index is 705. The van der Waals surface area contributed by atoms with Crippen molar-refractivity contribution in [1.29, 1.82) is 0 Å². The zero-order valence-corrected chi connectivity index (χ0v) is 16.9. The first-order valence-electron chi connectivity index (χ1n) is 8.14. The molecule has 0 aromatic carbocycles.